The molecule has 0 unspecified atom stereocenters. The Morgan fingerprint density at radius 2 is 2.00 bits per heavy atom. The SMILES string of the molecule is CC(C)(CO)N=C(N)Nc1ccccc1. The molecule has 0 bridgehead atoms. The molecule has 0 radical (unpaired) electrons. The highest BCUT2D eigenvalue weighted by Gasteiger charge is 2.14. The summed E-state index contributed by atoms with van der Waals surface area (Å²) in [6.07, 6.45) is 0. The van der Waals surface area contributed by atoms with E-state index in [-0.39, 0.29) is 6.61 Å². The van der Waals surface area contributed by atoms with Gasteiger partial charge in [-0.15, -0.1) is 0 Å². The van der Waals surface area contributed by atoms with E-state index in [1.807, 2.05) is 44.2 Å². The smallest absolute Gasteiger partial charge is 0.193 e. The van der Waals surface area contributed by atoms with Crippen molar-refractivity contribution in [3.05, 3.63) is 30.3 Å². The number of anilines is 1. The van der Waals surface area contributed by atoms with Gasteiger partial charge in [0.15, 0.2) is 5.96 Å². The van der Waals surface area contributed by atoms with Crippen molar-refractivity contribution in [1.29, 1.82) is 0 Å². The van der Waals surface area contributed by atoms with Gasteiger partial charge in [0.2, 0.25) is 0 Å². The molecule has 4 N–H and O–H groups in total. The zero-order valence-electron chi connectivity index (χ0n) is 9.07. The molecule has 0 atom stereocenters. The van der Waals surface area contributed by atoms with Crippen molar-refractivity contribution in [2.24, 2.45) is 10.7 Å². The lowest BCUT2D eigenvalue weighted by atomic mass is 10.1. The summed E-state index contributed by atoms with van der Waals surface area (Å²) in [5, 5.41) is 12.0. The summed E-state index contributed by atoms with van der Waals surface area (Å²) < 4.78 is 0. The van der Waals surface area contributed by atoms with E-state index in [4.69, 9.17) is 10.8 Å². The minimum absolute atomic E-state index is 0.0375. The lowest BCUT2D eigenvalue weighted by molar-refractivity contribution is 0.223. The molecule has 1 rings (SSSR count). The Bertz CT molecular complexity index is 333. The maximum Gasteiger partial charge on any atom is 0.193 e. The quantitative estimate of drug-likeness (QED) is 0.515. The lowest BCUT2D eigenvalue weighted by Crippen LogP contribution is -2.31. The van der Waals surface area contributed by atoms with Gasteiger partial charge in [-0.3, -0.25) is 0 Å². The number of hydrogen-bond acceptors (Lipinski definition) is 2. The van der Waals surface area contributed by atoms with Crippen LogP contribution in [0.4, 0.5) is 5.69 Å². The monoisotopic (exact) mass is 207 g/mol. The molecule has 1 aromatic carbocycles. The van der Waals surface area contributed by atoms with Crippen LogP contribution in [0.1, 0.15) is 13.8 Å². The zero-order chi connectivity index (χ0) is 11.3. The highest BCUT2D eigenvalue weighted by molar-refractivity contribution is 5.92. The van der Waals surface area contributed by atoms with E-state index >= 15 is 0 Å². The molecule has 4 nitrogen and oxygen atoms in total. The largest absolute Gasteiger partial charge is 0.394 e. The maximum atomic E-state index is 9.02. The van der Waals surface area contributed by atoms with Crippen LogP contribution < -0.4 is 11.1 Å². The molecule has 0 aromatic heterocycles. The number of aliphatic hydroxyl groups excluding tert-OH is 1. The van der Waals surface area contributed by atoms with Crippen LogP contribution in [0.5, 0.6) is 0 Å². The minimum Gasteiger partial charge on any atom is -0.394 e. The molecule has 0 amide bonds. The first-order chi connectivity index (χ1) is 7.03. The second-order valence-corrected chi connectivity index (χ2v) is 3.96. The van der Waals surface area contributed by atoms with Gasteiger partial charge < -0.3 is 16.2 Å². The van der Waals surface area contributed by atoms with Gasteiger partial charge >= 0.3 is 0 Å². The minimum atomic E-state index is -0.550. The number of nitrogens with two attached hydrogens (primary N) is 1. The van der Waals surface area contributed by atoms with Crippen LogP contribution >= 0.6 is 0 Å². The fraction of sp³-hybridized carbons (Fsp3) is 0.364. The number of nitrogens with zero attached hydrogens (tertiary/aromatic N) is 1. The zero-order valence-corrected chi connectivity index (χ0v) is 9.07. The molecule has 0 saturated carbocycles. The number of benzene rings is 1. The number of guanidine groups is 1. The van der Waals surface area contributed by atoms with E-state index in [1.165, 1.54) is 0 Å². The molecule has 0 aliphatic heterocycles. The first-order valence-corrected chi connectivity index (χ1v) is 4.82. The molecule has 0 aliphatic rings. The average Bonchev–Trinajstić information content (AvgIpc) is 2.18. The van der Waals surface area contributed by atoms with E-state index in [1.54, 1.807) is 0 Å². The number of para-hydroxylation sites is 1. The molecule has 0 aliphatic carbocycles. The molecule has 82 valence electrons. The Kier molecular flexibility index (Phi) is 3.68. The summed E-state index contributed by atoms with van der Waals surface area (Å²) in [6, 6.07) is 9.54. The molecule has 0 spiro atoms. The Morgan fingerprint density at radius 3 is 2.53 bits per heavy atom. The van der Waals surface area contributed by atoms with Crippen molar-refractivity contribution in [2.45, 2.75) is 19.4 Å². The van der Waals surface area contributed by atoms with E-state index in [0.29, 0.717) is 5.96 Å². The van der Waals surface area contributed by atoms with Gasteiger partial charge in [-0.05, 0) is 26.0 Å². The van der Waals surface area contributed by atoms with Crippen molar-refractivity contribution >= 4 is 11.6 Å². The topological polar surface area (TPSA) is 70.6 Å². The van der Waals surface area contributed by atoms with Crippen molar-refractivity contribution in [3.63, 3.8) is 0 Å². The second kappa shape index (κ2) is 4.79. The number of hydrogen-bond donors (Lipinski definition) is 3. The van der Waals surface area contributed by atoms with Crippen LogP contribution in [0, 0.1) is 0 Å². The average molecular weight is 207 g/mol. The van der Waals surface area contributed by atoms with E-state index in [0.717, 1.165) is 5.69 Å². The van der Waals surface area contributed by atoms with Gasteiger partial charge in [0.1, 0.15) is 0 Å². The van der Waals surface area contributed by atoms with Crippen molar-refractivity contribution in [1.82, 2.24) is 0 Å². The number of aliphatic imine (C=N–C) groups is 1. The van der Waals surface area contributed by atoms with Crippen LogP contribution in [0.15, 0.2) is 35.3 Å². The van der Waals surface area contributed by atoms with Crippen LogP contribution in [0.3, 0.4) is 0 Å². The van der Waals surface area contributed by atoms with E-state index in [2.05, 4.69) is 10.3 Å². The second-order valence-electron chi connectivity index (χ2n) is 3.96. The third kappa shape index (κ3) is 3.99. The summed E-state index contributed by atoms with van der Waals surface area (Å²) in [7, 11) is 0. The van der Waals surface area contributed by atoms with Crippen LogP contribution in [-0.4, -0.2) is 23.2 Å². The molecule has 1 aromatic rings. The molecular formula is C11H17N3O. The fourth-order valence-corrected chi connectivity index (χ4v) is 1.06. The Hall–Kier alpha value is -1.55. The summed E-state index contributed by atoms with van der Waals surface area (Å²) in [5.41, 5.74) is 6.03. The van der Waals surface area contributed by atoms with Gasteiger partial charge in [-0.1, -0.05) is 18.2 Å². The number of aliphatic hydroxyl groups is 1. The van der Waals surface area contributed by atoms with Crippen LogP contribution in [-0.2, 0) is 0 Å². The van der Waals surface area contributed by atoms with Crippen molar-refractivity contribution in [2.75, 3.05) is 11.9 Å². The molecule has 0 fully saturated rings. The third-order valence-corrected chi connectivity index (χ3v) is 1.86. The molecule has 15 heavy (non-hydrogen) atoms. The van der Waals surface area contributed by atoms with Gasteiger partial charge in [-0.25, -0.2) is 4.99 Å². The van der Waals surface area contributed by atoms with Crippen LogP contribution in [0.25, 0.3) is 0 Å². The normalized spacial score (nSPS) is 12.6. The Labute approximate surface area is 89.8 Å². The van der Waals surface area contributed by atoms with Crippen molar-refractivity contribution in [3.8, 4) is 0 Å². The van der Waals surface area contributed by atoms with E-state index < -0.39 is 5.54 Å². The molecule has 0 saturated heterocycles. The van der Waals surface area contributed by atoms with E-state index in [9.17, 15) is 0 Å². The van der Waals surface area contributed by atoms with Crippen molar-refractivity contribution < 1.29 is 5.11 Å². The molecular weight excluding hydrogens is 190 g/mol. The van der Waals surface area contributed by atoms with Gasteiger partial charge in [0, 0.05) is 5.69 Å². The summed E-state index contributed by atoms with van der Waals surface area (Å²) in [4.78, 5) is 4.16. The third-order valence-electron chi connectivity index (χ3n) is 1.86. The fourth-order valence-electron chi connectivity index (χ4n) is 1.06. The van der Waals surface area contributed by atoms with Gasteiger partial charge in [0.05, 0.1) is 12.1 Å². The lowest BCUT2D eigenvalue weighted by Gasteiger charge is -2.17. The summed E-state index contributed by atoms with van der Waals surface area (Å²) >= 11 is 0. The number of nitrogens with one attached hydrogen (secondary N) is 1. The first kappa shape index (κ1) is 11.5. The standard InChI is InChI=1S/C11H17N3O/c1-11(2,8-15)14-10(12)13-9-6-4-3-5-7-9/h3-7,15H,8H2,1-2H3,(H3,12,13,14). The number of rotatable bonds is 3. The highest BCUT2D eigenvalue weighted by atomic mass is 16.3. The molecule has 4 heteroatoms. The summed E-state index contributed by atoms with van der Waals surface area (Å²) in [5.74, 6) is 0.306. The first-order valence-electron chi connectivity index (χ1n) is 4.82. The highest BCUT2D eigenvalue weighted by Crippen LogP contribution is 2.08. The van der Waals surface area contributed by atoms with Crippen LogP contribution in [0.2, 0.25) is 0 Å². The van der Waals surface area contributed by atoms with Gasteiger partial charge in [0.25, 0.3) is 0 Å². The molecule has 0 heterocycles. The summed E-state index contributed by atoms with van der Waals surface area (Å²) in [6.45, 7) is 3.59. The van der Waals surface area contributed by atoms with Gasteiger partial charge in [-0.2, -0.15) is 0 Å². The Morgan fingerprint density at radius 1 is 1.40 bits per heavy atom. The predicted octanol–water partition coefficient (Wildman–Crippen LogP) is 1.18. The predicted molar refractivity (Wildman–Crippen MR) is 62.9 cm³/mol. The maximum absolute atomic E-state index is 9.02. The Balaban J connectivity index is 2.67.